The van der Waals surface area contributed by atoms with E-state index in [1.165, 1.54) is 32.2 Å². The van der Waals surface area contributed by atoms with E-state index >= 15 is 0 Å². The summed E-state index contributed by atoms with van der Waals surface area (Å²) < 4.78 is 5.06. The number of hydrogen-bond donors (Lipinski definition) is 1. The van der Waals surface area contributed by atoms with Crippen LogP contribution in [0.4, 0.5) is 0 Å². The van der Waals surface area contributed by atoms with E-state index in [0.29, 0.717) is 17.0 Å². The molecule has 0 saturated heterocycles. The van der Waals surface area contributed by atoms with Gasteiger partial charge in [-0.15, -0.1) is 10.2 Å². The van der Waals surface area contributed by atoms with Gasteiger partial charge >= 0.3 is 5.97 Å². The van der Waals surface area contributed by atoms with Crippen molar-refractivity contribution in [1.29, 1.82) is 0 Å². The van der Waals surface area contributed by atoms with Gasteiger partial charge in [0.25, 0.3) is 5.91 Å². The van der Waals surface area contributed by atoms with Crippen LogP contribution in [0.25, 0.3) is 11.5 Å². The third-order valence-corrected chi connectivity index (χ3v) is 3.41. The highest BCUT2D eigenvalue weighted by atomic mass is 16.4. The molecule has 0 saturated carbocycles. The number of carbonyl (C=O) groups excluding carboxylic acids is 1. The Morgan fingerprint density at radius 3 is 2.33 bits per heavy atom. The summed E-state index contributed by atoms with van der Waals surface area (Å²) in [6.07, 6.45) is 1.22. The van der Waals surface area contributed by atoms with Crippen LogP contribution >= 0.6 is 0 Å². The molecule has 21 heavy (non-hydrogen) atoms. The van der Waals surface area contributed by atoms with Crippen LogP contribution in [0.1, 0.15) is 24.2 Å². The van der Waals surface area contributed by atoms with Crippen molar-refractivity contribution >= 4 is 11.9 Å². The van der Waals surface area contributed by atoms with Gasteiger partial charge in [0.15, 0.2) is 0 Å². The first-order valence-electron chi connectivity index (χ1n) is 6.22. The molecule has 1 amide bonds. The monoisotopic (exact) mass is 289 g/mol. The molecule has 1 aromatic carbocycles. The molecule has 1 aromatic heterocycles. The molecule has 2 aromatic rings. The summed E-state index contributed by atoms with van der Waals surface area (Å²) in [6, 6.07) is 6.53. The number of carbonyl (C=O) groups is 2. The first kappa shape index (κ1) is 14.7. The summed E-state index contributed by atoms with van der Waals surface area (Å²) in [5.41, 5.74) is -0.221. The van der Waals surface area contributed by atoms with E-state index in [0.717, 1.165) is 0 Å². The molecule has 0 radical (unpaired) electrons. The number of aliphatic carboxylic acids is 1. The van der Waals surface area contributed by atoms with Crippen LogP contribution in [0.2, 0.25) is 0 Å². The molecular weight excluding hydrogens is 274 g/mol. The number of nitrogens with zero attached hydrogens (tertiary/aromatic N) is 3. The lowest BCUT2D eigenvalue weighted by molar-refractivity contribution is -0.147. The van der Waals surface area contributed by atoms with Gasteiger partial charge in [-0.3, -0.25) is 4.79 Å². The smallest absolute Gasteiger partial charge is 0.329 e. The van der Waals surface area contributed by atoms with Crippen molar-refractivity contribution in [1.82, 2.24) is 15.1 Å². The van der Waals surface area contributed by atoms with Crippen LogP contribution in [0.3, 0.4) is 0 Å². The molecule has 0 aliphatic carbocycles. The van der Waals surface area contributed by atoms with Crippen LogP contribution in [0.15, 0.2) is 35.1 Å². The SMILES string of the molecule is CN(C(=O)c1ccc(-c2nnco2)cc1)C(C)(C)C(=O)O. The van der Waals surface area contributed by atoms with Gasteiger partial charge in [-0.05, 0) is 38.1 Å². The van der Waals surface area contributed by atoms with Crippen molar-refractivity contribution < 1.29 is 19.1 Å². The lowest BCUT2D eigenvalue weighted by Crippen LogP contribution is -2.50. The lowest BCUT2D eigenvalue weighted by Gasteiger charge is -2.31. The fourth-order valence-electron chi connectivity index (χ4n) is 1.65. The van der Waals surface area contributed by atoms with Crippen molar-refractivity contribution in [2.75, 3.05) is 7.05 Å². The van der Waals surface area contributed by atoms with Gasteiger partial charge < -0.3 is 14.4 Å². The van der Waals surface area contributed by atoms with Crippen molar-refractivity contribution in [3.05, 3.63) is 36.2 Å². The van der Waals surface area contributed by atoms with E-state index in [-0.39, 0.29) is 5.91 Å². The summed E-state index contributed by atoms with van der Waals surface area (Å²) in [5.74, 6) is -1.09. The van der Waals surface area contributed by atoms with Gasteiger partial charge in [-0.1, -0.05) is 0 Å². The van der Waals surface area contributed by atoms with E-state index < -0.39 is 11.5 Å². The van der Waals surface area contributed by atoms with Crippen molar-refractivity contribution in [2.24, 2.45) is 0 Å². The van der Waals surface area contributed by atoms with Gasteiger partial charge in [0.1, 0.15) is 5.54 Å². The molecule has 0 bridgehead atoms. The van der Waals surface area contributed by atoms with Crippen LogP contribution in [-0.4, -0.2) is 44.7 Å². The normalized spacial score (nSPS) is 11.2. The zero-order chi connectivity index (χ0) is 15.6. The highest BCUT2D eigenvalue weighted by Crippen LogP contribution is 2.20. The fraction of sp³-hybridized carbons (Fsp3) is 0.286. The predicted octanol–water partition coefficient (Wildman–Crippen LogP) is 1.67. The second kappa shape index (κ2) is 5.35. The Morgan fingerprint density at radius 2 is 1.86 bits per heavy atom. The Bertz CT molecular complexity index is 647. The molecular formula is C14H15N3O4. The minimum atomic E-state index is -1.29. The number of carboxylic acid groups (broad SMARTS) is 1. The molecule has 1 heterocycles. The number of likely N-dealkylation sites (N-methyl/N-ethyl adjacent to an activating group) is 1. The Balaban J connectivity index is 2.23. The first-order chi connectivity index (χ1) is 9.84. The number of carboxylic acids is 1. The van der Waals surface area contributed by atoms with Crippen LogP contribution in [0, 0.1) is 0 Å². The van der Waals surface area contributed by atoms with Gasteiger partial charge in [0.05, 0.1) is 0 Å². The summed E-state index contributed by atoms with van der Waals surface area (Å²) in [4.78, 5) is 24.7. The van der Waals surface area contributed by atoms with Crippen molar-refractivity contribution in [3.63, 3.8) is 0 Å². The zero-order valence-corrected chi connectivity index (χ0v) is 11.9. The summed E-state index contributed by atoms with van der Waals surface area (Å²) in [7, 11) is 1.46. The van der Waals surface area contributed by atoms with Crippen LogP contribution in [0.5, 0.6) is 0 Å². The molecule has 0 unspecified atom stereocenters. The summed E-state index contributed by atoms with van der Waals surface area (Å²) in [5, 5.41) is 16.5. The van der Waals surface area contributed by atoms with Crippen LogP contribution < -0.4 is 0 Å². The molecule has 0 aliphatic heterocycles. The molecule has 110 valence electrons. The molecule has 0 fully saturated rings. The van der Waals surface area contributed by atoms with Crippen molar-refractivity contribution in [2.45, 2.75) is 19.4 Å². The maximum absolute atomic E-state index is 12.3. The quantitative estimate of drug-likeness (QED) is 0.919. The molecule has 0 atom stereocenters. The Labute approximate surface area is 121 Å². The minimum absolute atomic E-state index is 0.355. The zero-order valence-electron chi connectivity index (χ0n) is 11.9. The fourth-order valence-corrected chi connectivity index (χ4v) is 1.65. The minimum Gasteiger partial charge on any atom is -0.480 e. The van der Waals surface area contributed by atoms with Gasteiger partial charge in [-0.25, -0.2) is 4.79 Å². The molecule has 7 heteroatoms. The number of benzene rings is 1. The average Bonchev–Trinajstić information content (AvgIpc) is 3.00. The number of hydrogen-bond acceptors (Lipinski definition) is 5. The second-order valence-corrected chi connectivity index (χ2v) is 5.05. The third kappa shape index (κ3) is 2.76. The largest absolute Gasteiger partial charge is 0.480 e. The first-order valence-corrected chi connectivity index (χ1v) is 6.22. The maximum atomic E-state index is 12.3. The average molecular weight is 289 g/mol. The Kier molecular flexibility index (Phi) is 3.75. The predicted molar refractivity (Wildman–Crippen MR) is 73.5 cm³/mol. The topological polar surface area (TPSA) is 96.5 Å². The molecule has 0 spiro atoms. The Morgan fingerprint density at radius 1 is 1.24 bits per heavy atom. The standard InChI is InChI=1S/C14H15N3O4/c1-14(2,13(19)20)17(3)12(18)10-6-4-9(5-7-10)11-16-15-8-21-11/h4-8H,1-3H3,(H,19,20). The third-order valence-electron chi connectivity index (χ3n) is 3.41. The molecule has 0 aliphatic rings. The maximum Gasteiger partial charge on any atom is 0.329 e. The molecule has 2 rings (SSSR count). The Hall–Kier alpha value is -2.70. The van der Waals surface area contributed by atoms with E-state index in [9.17, 15) is 9.59 Å². The van der Waals surface area contributed by atoms with Gasteiger partial charge in [0.2, 0.25) is 12.3 Å². The summed E-state index contributed by atoms with van der Waals surface area (Å²) >= 11 is 0. The van der Waals surface area contributed by atoms with Gasteiger partial charge in [-0.2, -0.15) is 0 Å². The van der Waals surface area contributed by atoms with E-state index in [4.69, 9.17) is 9.52 Å². The van der Waals surface area contributed by atoms with Gasteiger partial charge in [0, 0.05) is 18.2 Å². The number of aromatic nitrogens is 2. The highest BCUT2D eigenvalue weighted by molar-refractivity contribution is 5.97. The highest BCUT2D eigenvalue weighted by Gasteiger charge is 2.35. The van der Waals surface area contributed by atoms with E-state index in [2.05, 4.69) is 10.2 Å². The van der Waals surface area contributed by atoms with Crippen LogP contribution in [-0.2, 0) is 4.79 Å². The van der Waals surface area contributed by atoms with E-state index in [1.807, 2.05) is 0 Å². The second-order valence-electron chi connectivity index (χ2n) is 5.05. The number of amides is 1. The molecule has 7 nitrogen and oxygen atoms in total. The van der Waals surface area contributed by atoms with E-state index in [1.54, 1.807) is 24.3 Å². The lowest BCUT2D eigenvalue weighted by atomic mass is 10.0. The van der Waals surface area contributed by atoms with Crippen molar-refractivity contribution in [3.8, 4) is 11.5 Å². The summed E-state index contributed by atoms with van der Waals surface area (Å²) in [6.45, 7) is 2.94. The number of rotatable bonds is 4. The molecule has 1 N–H and O–H groups in total.